The number of piperidine rings is 2. The topological polar surface area (TPSA) is 88.9 Å². The predicted molar refractivity (Wildman–Crippen MR) is 144 cm³/mol. The Balaban J connectivity index is 1.40. The second kappa shape index (κ2) is 11.5. The van der Waals surface area contributed by atoms with E-state index in [2.05, 4.69) is 35.3 Å². The molecule has 3 fully saturated rings. The lowest BCUT2D eigenvalue weighted by atomic mass is 9.96. The Kier molecular flexibility index (Phi) is 8.51. The van der Waals surface area contributed by atoms with E-state index >= 15 is 4.39 Å². The second-order valence-corrected chi connectivity index (χ2v) is 12.4. The molecule has 1 saturated carbocycles. The Morgan fingerprint density at radius 3 is 2.68 bits per heavy atom. The fraction of sp³-hybridized carbons (Fsp3) is 0.690. The highest BCUT2D eigenvalue weighted by molar-refractivity contribution is 5.87. The number of hydrogen-bond acceptors (Lipinski definition) is 6. The molecule has 0 aromatic heterocycles. The van der Waals surface area contributed by atoms with Crippen LogP contribution in [-0.4, -0.2) is 79.3 Å². The molecule has 8 nitrogen and oxygen atoms in total. The minimum absolute atomic E-state index is 0.0248. The quantitative estimate of drug-likeness (QED) is 0.578. The third kappa shape index (κ3) is 6.58. The van der Waals surface area contributed by atoms with Crippen LogP contribution in [0.1, 0.15) is 58.4 Å². The van der Waals surface area contributed by atoms with Crippen LogP contribution >= 0.6 is 0 Å². The molecule has 0 spiro atoms. The molecule has 2 heterocycles. The predicted octanol–water partition coefficient (Wildman–Crippen LogP) is 3.94. The number of likely N-dealkylation sites (tertiary alicyclic amines) is 1. The van der Waals surface area contributed by atoms with Gasteiger partial charge in [-0.3, -0.25) is 9.69 Å². The van der Waals surface area contributed by atoms with Crippen molar-refractivity contribution < 1.29 is 18.7 Å². The zero-order valence-corrected chi connectivity index (χ0v) is 23.4. The first kappa shape index (κ1) is 28.2. The smallest absolute Gasteiger partial charge is 0.411 e. The number of carbonyl (C=O) groups excluding carboxylic acids is 2. The molecule has 38 heavy (non-hydrogen) atoms. The zero-order valence-electron chi connectivity index (χ0n) is 23.4. The second-order valence-electron chi connectivity index (χ2n) is 12.4. The van der Waals surface area contributed by atoms with Gasteiger partial charge in [-0.15, -0.1) is 0 Å². The number of fused-ring (bicyclic) bond motifs is 2. The Labute approximate surface area is 226 Å². The summed E-state index contributed by atoms with van der Waals surface area (Å²) in [6.45, 7) is 8.20. The van der Waals surface area contributed by atoms with Gasteiger partial charge in [-0.25, -0.2) is 9.18 Å². The number of hydrogen-bond donors (Lipinski definition) is 1. The van der Waals surface area contributed by atoms with Crippen LogP contribution < -0.4 is 10.2 Å². The first-order valence-electron chi connectivity index (χ1n) is 13.8. The molecule has 2 saturated heterocycles. The van der Waals surface area contributed by atoms with Crippen LogP contribution in [0.2, 0.25) is 0 Å². The van der Waals surface area contributed by atoms with Gasteiger partial charge in [0.15, 0.2) is 0 Å². The normalized spacial score (nSPS) is 25.8. The average Bonchev–Trinajstić information content (AvgIpc) is 3.45. The molecule has 0 radical (unpaired) electrons. The lowest BCUT2D eigenvalue weighted by molar-refractivity contribution is -0.128. The summed E-state index contributed by atoms with van der Waals surface area (Å²) in [4.78, 5) is 32.2. The number of nitrogens with one attached hydrogen (secondary N) is 1. The average molecular weight is 528 g/mol. The van der Waals surface area contributed by atoms with Crippen molar-refractivity contribution in [3.05, 3.63) is 29.6 Å². The third-order valence-corrected chi connectivity index (χ3v) is 7.90. The van der Waals surface area contributed by atoms with Gasteiger partial charge in [-0.05, 0) is 96.5 Å². The van der Waals surface area contributed by atoms with E-state index in [1.807, 2.05) is 6.07 Å². The number of ether oxygens (including phenoxy) is 1. The van der Waals surface area contributed by atoms with Crippen molar-refractivity contribution in [3.8, 4) is 6.07 Å². The van der Waals surface area contributed by atoms with Crippen LogP contribution in [0.4, 0.5) is 14.9 Å². The maximum atomic E-state index is 15.2. The number of anilines is 1. The lowest BCUT2D eigenvalue weighted by Gasteiger charge is -2.36. The molecule has 2 amide bonds. The summed E-state index contributed by atoms with van der Waals surface area (Å²) in [5, 5.41) is 12.6. The molecular formula is C29H42FN5O3. The number of halogens is 1. The fourth-order valence-electron chi connectivity index (χ4n) is 6.37. The Hall–Kier alpha value is -2.86. The van der Waals surface area contributed by atoms with Crippen molar-refractivity contribution in [1.29, 1.82) is 5.26 Å². The van der Waals surface area contributed by atoms with E-state index < -0.39 is 23.8 Å². The molecule has 1 aliphatic carbocycles. The van der Waals surface area contributed by atoms with Gasteiger partial charge in [0.1, 0.15) is 23.5 Å². The minimum atomic E-state index is -0.901. The van der Waals surface area contributed by atoms with E-state index in [9.17, 15) is 14.9 Å². The molecule has 1 aromatic carbocycles. The first-order chi connectivity index (χ1) is 17.9. The van der Waals surface area contributed by atoms with Crippen molar-refractivity contribution in [2.75, 3.05) is 38.6 Å². The monoisotopic (exact) mass is 527 g/mol. The molecule has 2 aliphatic heterocycles. The van der Waals surface area contributed by atoms with Gasteiger partial charge in [-0.2, -0.15) is 5.26 Å². The van der Waals surface area contributed by atoms with Crippen molar-refractivity contribution in [1.82, 2.24) is 15.1 Å². The lowest BCUT2D eigenvalue weighted by Crippen LogP contribution is -2.55. The van der Waals surface area contributed by atoms with Gasteiger partial charge in [0.25, 0.3) is 0 Å². The molecule has 2 bridgehead atoms. The molecule has 1 aromatic rings. The van der Waals surface area contributed by atoms with Crippen LogP contribution in [0.3, 0.4) is 0 Å². The van der Waals surface area contributed by atoms with E-state index in [0.29, 0.717) is 11.5 Å². The van der Waals surface area contributed by atoms with E-state index in [1.54, 1.807) is 37.8 Å². The van der Waals surface area contributed by atoms with Gasteiger partial charge in [0.2, 0.25) is 5.91 Å². The van der Waals surface area contributed by atoms with Crippen LogP contribution in [0.25, 0.3) is 0 Å². The largest absolute Gasteiger partial charge is 0.444 e. The highest BCUT2D eigenvalue weighted by Gasteiger charge is 2.52. The summed E-state index contributed by atoms with van der Waals surface area (Å²) >= 11 is 0. The van der Waals surface area contributed by atoms with Gasteiger partial charge in [0, 0.05) is 37.8 Å². The molecule has 5 atom stereocenters. The summed E-state index contributed by atoms with van der Waals surface area (Å²) in [5.41, 5.74) is 0.571. The van der Waals surface area contributed by atoms with Gasteiger partial charge >= 0.3 is 6.09 Å². The van der Waals surface area contributed by atoms with Crippen molar-refractivity contribution >= 4 is 17.7 Å². The van der Waals surface area contributed by atoms with Crippen molar-refractivity contribution in [2.45, 2.75) is 83.0 Å². The van der Waals surface area contributed by atoms with Crippen LogP contribution in [-0.2, 0) is 16.0 Å². The van der Waals surface area contributed by atoms with Crippen molar-refractivity contribution in [3.63, 3.8) is 0 Å². The van der Waals surface area contributed by atoms with Gasteiger partial charge < -0.3 is 19.9 Å². The Bertz CT molecular complexity index is 1070. The SMILES string of the molecule is CN(C)CC1CCCN(c2ccc(C[C@@H](C#N)NC(=O)C3C4CCC(C4)N3C(=O)OC(C)(C)C)c(F)c2)C1. The molecule has 4 rings (SSSR count). The van der Waals surface area contributed by atoms with Crippen LogP contribution in [0.5, 0.6) is 0 Å². The molecule has 208 valence electrons. The van der Waals surface area contributed by atoms with Crippen LogP contribution in [0, 0.1) is 29.0 Å². The zero-order chi connectivity index (χ0) is 27.6. The number of benzene rings is 1. The van der Waals surface area contributed by atoms with Crippen LogP contribution in [0.15, 0.2) is 18.2 Å². The third-order valence-electron chi connectivity index (χ3n) is 7.90. The molecular weight excluding hydrogens is 485 g/mol. The number of nitrogens with zero attached hydrogens (tertiary/aromatic N) is 4. The summed E-state index contributed by atoms with van der Waals surface area (Å²) < 4.78 is 20.7. The Morgan fingerprint density at radius 2 is 2.03 bits per heavy atom. The molecule has 3 aliphatic rings. The van der Waals surface area contributed by atoms with E-state index in [4.69, 9.17) is 4.74 Å². The highest BCUT2D eigenvalue weighted by atomic mass is 19.1. The number of amides is 2. The molecule has 1 N–H and O–H groups in total. The summed E-state index contributed by atoms with van der Waals surface area (Å²) in [7, 11) is 4.15. The maximum Gasteiger partial charge on any atom is 0.411 e. The summed E-state index contributed by atoms with van der Waals surface area (Å²) in [5.74, 6) is -0.150. The first-order valence-corrected chi connectivity index (χ1v) is 13.8. The highest BCUT2D eigenvalue weighted by Crippen LogP contribution is 2.43. The van der Waals surface area contributed by atoms with E-state index in [1.165, 1.54) is 6.42 Å². The number of nitriles is 1. The minimum Gasteiger partial charge on any atom is -0.444 e. The summed E-state index contributed by atoms with van der Waals surface area (Å²) in [6, 6.07) is 5.70. The van der Waals surface area contributed by atoms with Gasteiger partial charge in [0.05, 0.1) is 6.07 Å². The molecule has 4 unspecified atom stereocenters. The number of rotatable bonds is 7. The standard InChI is InChI=1S/C29H42FN5O3/c1-29(2,3)38-28(37)35-24-11-9-21(14-24)26(35)27(36)32-22(16-31)13-20-8-10-23(15-25(20)30)34-12-6-7-19(18-34)17-33(4)5/h8,10,15,19,21-22,24,26H,6-7,9,11-14,17-18H2,1-5H3,(H,32,36)/t19?,21?,22-,24?,26?/m0/s1. The molecule has 9 heteroatoms. The Morgan fingerprint density at radius 1 is 1.26 bits per heavy atom. The van der Waals surface area contributed by atoms with Crippen molar-refractivity contribution in [2.24, 2.45) is 11.8 Å². The number of carbonyl (C=O) groups is 2. The van der Waals surface area contributed by atoms with Gasteiger partial charge in [-0.1, -0.05) is 6.07 Å². The fourth-order valence-corrected chi connectivity index (χ4v) is 6.37. The van der Waals surface area contributed by atoms with E-state index in [0.717, 1.165) is 51.0 Å². The summed E-state index contributed by atoms with van der Waals surface area (Å²) in [6.07, 6.45) is 4.29. The van der Waals surface area contributed by atoms with E-state index in [-0.39, 0.29) is 30.1 Å². The maximum absolute atomic E-state index is 15.2.